The number of hydrogen-bond donors (Lipinski definition) is 1. The zero-order valence-electron chi connectivity index (χ0n) is 14.4. The molecule has 1 atom stereocenters. The number of carbonyl (C=O) groups excluding carboxylic acids is 1. The summed E-state index contributed by atoms with van der Waals surface area (Å²) < 4.78 is 30.2. The Labute approximate surface area is 157 Å². The second-order valence-electron chi connectivity index (χ2n) is 6.20. The number of benzene rings is 2. The molecule has 1 aliphatic heterocycles. The third-order valence-electron chi connectivity index (χ3n) is 4.31. The largest absolute Gasteiger partial charge is 0.480 e. The van der Waals surface area contributed by atoms with Gasteiger partial charge in [0.25, 0.3) is 5.91 Å². The minimum absolute atomic E-state index is 0.0663. The van der Waals surface area contributed by atoms with Crippen molar-refractivity contribution in [1.29, 1.82) is 0 Å². The number of morpholine rings is 1. The van der Waals surface area contributed by atoms with Crippen LogP contribution in [0.1, 0.15) is 15.9 Å². The van der Waals surface area contributed by atoms with Crippen LogP contribution < -0.4 is 0 Å². The molecular weight excluding hydrogens is 370 g/mol. The highest BCUT2D eigenvalue weighted by molar-refractivity contribution is 7.90. The molecule has 0 radical (unpaired) electrons. The van der Waals surface area contributed by atoms with Gasteiger partial charge in [-0.25, -0.2) is 13.2 Å². The topological polar surface area (TPSA) is 101 Å². The van der Waals surface area contributed by atoms with Gasteiger partial charge in [0, 0.05) is 12.1 Å². The van der Waals surface area contributed by atoms with E-state index < -0.39 is 27.8 Å². The minimum atomic E-state index is -3.54. The van der Waals surface area contributed by atoms with E-state index in [1.807, 2.05) is 0 Å². The quantitative estimate of drug-likeness (QED) is 0.833. The highest BCUT2D eigenvalue weighted by atomic mass is 32.2. The van der Waals surface area contributed by atoms with Crippen LogP contribution in [0.2, 0.25) is 0 Å². The average molecular weight is 389 g/mol. The fraction of sp³-hybridized carbons (Fsp3) is 0.263. The van der Waals surface area contributed by atoms with Crippen LogP contribution in [-0.4, -0.2) is 56.1 Å². The molecule has 142 valence electrons. The fourth-order valence-electron chi connectivity index (χ4n) is 2.94. The highest BCUT2D eigenvalue weighted by Crippen LogP contribution is 2.19. The predicted octanol–water partition coefficient (Wildman–Crippen LogP) is 1.59. The number of ether oxygens (including phenoxy) is 1. The van der Waals surface area contributed by atoms with Crippen molar-refractivity contribution >= 4 is 21.7 Å². The van der Waals surface area contributed by atoms with Gasteiger partial charge in [-0.1, -0.05) is 30.3 Å². The zero-order valence-corrected chi connectivity index (χ0v) is 15.3. The van der Waals surface area contributed by atoms with Crippen molar-refractivity contribution in [3.05, 3.63) is 65.7 Å². The van der Waals surface area contributed by atoms with Crippen molar-refractivity contribution in [2.45, 2.75) is 16.7 Å². The van der Waals surface area contributed by atoms with Crippen LogP contribution in [0.3, 0.4) is 0 Å². The number of nitrogens with zero attached hydrogens (tertiary/aromatic N) is 1. The second kappa shape index (κ2) is 7.89. The van der Waals surface area contributed by atoms with Crippen molar-refractivity contribution in [2.24, 2.45) is 0 Å². The molecule has 27 heavy (non-hydrogen) atoms. The van der Waals surface area contributed by atoms with Crippen LogP contribution in [0.5, 0.6) is 0 Å². The molecule has 1 fully saturated rings. The van der Waals surface area contributed by atoms with Gasteiger partial charge in [-0.15, -0.1) is 0 Å². The molecule has 1 N–H and O–H groups in total. The summed E-state index contributed by atoms with van der Waals surface area (Å²) in [4.78, 5) is 25.6. The Balaban J connectivity index is 1.83. The molecular formula is C19H19NO6S. The third-order valence-corrected chi connectivity index (χ3v) is 6.01. The van der Waals surface area contributed by atoms with Crippen molar-refractivity contribution in [2.75, 3.05) is 19.8 Å². The number of carbonyl (C=O) groups is 2. The number of hydrogen-bond acceptors (Lipinski definition) is 5. The molecule has 1 heterocycles. The van der Waals surface area contributed by atoms with Gasteiger partial charge >= 0.3 is 5.97 Å². The number of amides is 1. The van der Waals surface area contributed by atoms with Gasteiger partial charge in [0.1, 0.15) is 0 Å². The van der Waals surface area contributed by atoms with Crippen molar-refractivity contribution in [3.8, 4) is 0 Å². The van der Waals surface area contributed by atoms with Crippen LogP contribution in [0.4, 0.5) is 0 Å². The maximum atomic E-state index is 12.8. The van der Waals surface area contributed by atoms with Gasteiger partial charge in [-0.3, -0.25) is 4.79 Å². The lowest BCUT2D eigenvalue weighted by atomic mass is 10.1. The Hall–Kier alpha value is -2.71. The molecule has 0 aromatic heterocycles. The molecule has 7 nitrogen and oxygen atoms in total. The van der Waals surface area contributed by atoms with E-state index in [0.717, 1.165) is 0 Å². The number of sulfone groups is 1. The van der Waals surface area contributed by atoms with E-state index in [-0.39, 0.29) is 36.0 Å². The van der Waals surface area contributed by atoms with Gasteiger partial charge in [0.05, 0.1) is 23.9 Å². The Morgan fingerprint density at radius 3 is 2.56 bits per heavy atom. The Kier molecular flexibility index (Phi) is 5.57. The molecule has 8 heteroatoms. The average Bonchev–Trinajstić information content (AvgIpc) is 2.68. The van der Waals surface area contributed by atoms with Crippen molar-refractivity contribution in [3.63, 3.8) is 0 Å². The lowest BCUT2D eigenvalue weighted by molar-refractivity contribution is -0.147. The summed E-state index contributed by atoms with van der Waals surface area (Å²) in [7, 11) is -3.54. The summed E-state index contributed by atoms with van der Waals surface area (Å²) in [6.07, 6.45) is 0. The molecule has 0 bridgehead atoms. The standard InChI is InChI=1S/C19H19NO6S/c21-18(20-9-10-26-12-17(20)19(22)23)15-6-4-5-14(11-15)13-27(24,25)16-7-2-1-3-8-16/h1-8,11,17H,9-10,12-13H2,(H,22,23)/t17-/m0/s1. The maximum absolute atomic E-state index is 12.8. The first-order valence-electron chi connectivity index (χ1n) is 8.37. The molecule has 0 saturated carbocycles. The predicted molar refractivity (Wildman–Crippen MR) is 97.1 cm³/mol. The molecule has 1 amide bonds. The van der Waals surface area contributed by atoms with E-state index in [9.17, 15) is 23.1 Å². The van der Waals surface area contributed by atoms with E-state index in [4.69, 9.17) is 4.74 Å². The van der Waals surface area contributed by atoms with E-state index in [1.165, 1.54) is 23.1 Å². The lowest BCUT2D eigenvalue weighted by Gasteiger charge is -2.33. The first kappa shape index (κ1) is 19.1. The molecule has 1 aliphatic rings. The van der Waals surface area contributed by atoms with E-state index >= 15 is 0 Å². The summed E-state index contributed by atoms with van der Waals surface area (Å²) >= 11 is 0. The molecule has 1 saturated heterocycles. The molecule has 0 aliphatic carbocycles. The lowest BCUT2D eigenvalue weighted by Crippen LogP contribution is -2.52. The van der Waals surface area contributed by atoms with Gasteiger partial charge in [0.2, 0.25) is 0 Å². The zero-order chi connectivity index (χ0) is 19.4. The Morgan fingerprint density at radius 1 is 1.11 bits per heavy atom. The van der Waals surface area contributed by atoms with Crippen LogP contribution in [0.25, 0.3) is 0 Å². The van der Waals surface area contributed by atoms with E-state index in [2.05, 4.69) is 0 Å². The summed E-state index contributed by atoms with van der Waals surface area (Å²) in [5, 5.41) is 9.28. The van der Waals surface area contributed by atoms with Crippen molar-refractivity contribution in [1.82, 2.24) is 4.90 Å². The van der Waals surface area contributed by atoms with Gasteiger partial charge in [0.15, 0.2) is 15.9 Å². The first-order valence-corrected chi connectivity index (χ1v) is 10.0. The monoisotopic (exact) mass is 389 g/mol. The Bertz CT molecular complexity index is 942. The van der Waals surface area contributed by atoms with Crippen LogP contribution >= 0.6 is 0 Å². The number of carboxylic acids is 1. The smallest absolute Gasteiger partial charge is 0.328 e. The number of rotatable bonds is 5. The molecule has 0 unspecified atom stereocenters. The van der Waals surface area contributed by atoms with Crippen LogP contribution in [0.15, 0.2) is 59.5 Å². The number of aliphatic carboxylic acids is 1. The van der Waals surface area contributed by atoms with Gasteiger partial charge in [-0.05, 0) is 29.8 Å². The Morgan fingerprint density at radius 2 is 1.85 bits per heavy atom. The molecule has 2 aromatic rings. The SMILES string of the molecule is O=C(O)[C@@H]1COCCN1C(=O)c1cccc(CS(=O)(=O)c2ccccc2)c1. The molecule has 2 aromatic carbocycles. The summed E-state index contributed by atoms with van der Waals surface area (Å²) in [6.45, 7) is 0.364. The number of carboxylic acid groups (broad SMARTS) is 1. The minimum Gasteiger partial charge on any atom is -0.480 e. The van der Waals surface area contributed by atoms with Gasteiger partial charge < -0.3 is 14.7 Å². The second-order valence-corrected chi connectivity index (χ2v) is 8.19. The summed E-state index contributed by atoms with van der Waals surface area (Å²) in [5.41, 5.74) is 0.716. The first-order chi connectivity index (χ1) is 12.9. The van der Waals surface area contributed by atoms with E-state index in [0.29, 0.717) is 5.56 Å². The normalized spacial score (nSPS) is 17.5. The molecule has 0 spiro atoms. The van der Waals surface area contributed by atoms with Gasteiger partial charge in [-0.2, -0.15) is 0 Å². The molecule has 3 rings (SSSR count). The van der Waals surface area contributed by atoms with Crippen LogP contribution in [-0.2, 0) is 25.1 Å². The fourth-order valence-corrected chi connectivity index (χ4v) is 4.30. The van der Waals surface area contributed by atoms with E-state index in [1.54, 1.807) is 36.4 Å². The van der Waals surface area contributed by atoms with Crippen LogP contribution in [0, 0.1) is 0 Å². The summed E-state index contributed by atoms with van der Waals surface area (Å²) in [5.74, 6) is -1.83. The van der Waals surface area contributed by atoms with Crippen molar-refractivity contribution < 1.29 is 27.9 Å². The third kappa shape index (κ3) is 4.35. The highest BCUT2D eigenvalue weighted by Gasteiger charge is 2.33. The maximum Gasteiger partial charge on any atom is 0.328 e. The summed E-state index contributed by atoms with van der Waals surface area (Å²) in [6, 6.07) is 13.3.